The molecule has 2 nitrogen and oxygen atoms in total. The van der Waals surface area contributed by atoms with Crippen LogP contribution in [0.2, 0.25) is 0 Å². The normalized spacial score (nSPS) is 11.8. The summed E-state index contributed by atoms with van der Waals surface area (Å²) in [6.07, 6.45) is 4.43. The van der Waals surface area contributed by atoms with Crippen LogP contribution in [0.25, 0.3) is 87.6 Å². The first-order valence-electron chi connectivity index (χ1n) is 23.4. The summed E-state index contributed by atoms with van der Waals surface area (Å²) in [5, 5.41) is 17.2. The molecule has 0 spiro atoms. The Morgan fingerprint density at radius 2 is 0.426 bits per heavy atom. The molecule has 0 saturated heterocycles. The number of hydrogen-bond donors (Lipinski definition) is 0. The Hall–Kier alpha value is -8.98. The van der Waals surface area contributed by atoms with Gasteiger partial charge in [0.1, 0.15) is 0 Å². The molecule has 0 radical (unpaired) electrons. The van der Waals surface area contributed by atoms with Crippen LogP contribution in [0.15, 0.2) is 255 Å². The van der Waals surface area contributed by atoms with E-state index in [0.717, 1.165) is 45.3 Å². The highest BCUT2D eigenvalue weighted by Gasteiger charge is 2.17. The number of hydrogen-bond acceptors (Lipinski definition) is 2. The van der Waals surface area contributed by atoms with E-state index in [-0.39, 0.29) is 0 Å². The molecule has 0 aromatic heterocycles. The lowest BCUT2D eigenvalue weighted by atomic mass is 10.0. The van der Waals surface area contributed by atoms with E-state index in [9.17, 15) is 0 Å². The van der Waals surface area contributed by atoms with Gasteiger partial charge in [-0.2, -0.15) is 0 Å². The maximum atomic E-state index is 2.39. The summed E-state index contributed by atoms with van der Waals surface area (Å²) < 4.78 is 0. The molecule has 13 rings (SSSR count). The van der Waals surface area contributed by atoms with Gasteiger partial charge in [0, 0.05) is 34.1 Å². The molecule has 13 aromatic rings. The summed E-state index contributed by atoms with van der Waals surface area (Å²) in [7, 11) is 0. The molecule has 0 N–H and O–H groups in total. The van der Waals surface area contributed by atoms with Crippen molar-refractivity contribution in [3.8, 4) is 0 Å². The fraction of sp³-hybridized carbons (Fsp3) is 0. The monoisotopic (exact) mass is 864 g/mol. The van der Waals surface area contributed by atoms with E-state index in [1.54, 1.807) is 0 Å². The molecular weight excluding hydrogens is 821 g/mol. The Morgan fingerprint density at radius 3 is 0.868 bits per heavy atom. The van der Waals surface area contributed by atoms with Gasteiger partial charge in [0.05, 0.1) is 0 Å². The number of anilines is 6. The molecule has 318 valence electrons. The number of benzene rings is 13. The zero-order valence-electron chi connectivity index (χ0n) is 37.3. The molecule has 13 aromatic carbocycles. The van der Waals surface area contributed by atoms with Gasteiger partial charge in [0.2, 0.25) is 0 Å². The highest BCUT2D eigenvalue weighted by molar-refractivity contribution is 6.03. The molecule has 0 aliphatic carbocycles. The van der Waals surface area contributed by atoms with Crippen LogP contribution in [0, 0.1) is 0 Å². The van der Waals surface area contributed by atoms with E-state index in [2.05, 4.69) is 277 Å². The molecule has 0 amide bonds. The second-order valence-corrected chi connectivity index (χ2v) is 17.9. The maximum Gasteiger partial charge on any atom is 0.0468 e. The topological polar surface area (TPSA) is 6.48 Å². The third-order valence-corrected chi connectivity index (χ3v) is 13.6. The van der Waals surface area contributed by atoms with Gasteiger partial charge < -0.3 is 9.80 Å². The van der Waals surface area contributed by atoms with Gasteiger partial charge in [-0.15, -0.1) is 0 Å². The molecule has 0 aliphatic heterocycles. The summed E-state index contributed by atoms with van der Waals surface area (Å²) in [6.45, 7) is 0. The molecule has 68 heavy (non-hydrogen) atoms. The molecule has 0 atom stereocenters. The average Bonchev–Trinajstić information content (AvgIpc) is 3.39. The van der Waals surface area contributed by atoms with E-state index in [0.29, 0.717) is 0 Å². The first-order valence-corrected chi connectivity index (χ1v) is 23.4. The Morgan fingerprint density at radius 1 is 0.176 bits per heavy atom. The van der Waals surface area contributed by atoms with Gasteiger partial charge in [-0.1, -0.05) is 164 Å². The minimum Gasteiger partial charge on any atom is -0.310 e. The van der Waals surface area contributed by atoms with Crippen LogP contribution in [0.1, 0.15) is 11.1 Å². The van der Waals surface area contributed by atoms with Gasteiger partial charge in [0.25, 0.3) is 0 Å². The van der Waals surface area contributed by atoms with Crippen molar-refractivity contribution < 1.29 is 0 Å². The summed E-state index contributed by atoms with van der Waals surface area (Å²) >= 11 is 0. The lowest BCUT2D eigenvalue weighted by Crippen LogP contribution is -2.10. The van der Waals surface area contributed by atoms with Crippen LogP contribution >= 0.6 is 0 Å². The summed E-state index contributed by atoms with van der Waals surface area (Å²) in [5.74, 6) is 0. The second-order valence-electron chi connectivity index (χ2n) is 17.9. The first kappa shape index (κ1) is 39.4. The van der Waals surface area contributed by atoms with Crippen LogP contribution in [0.5, 0.6) is 0 Å². The number of nitrogens with zero attached hydrogens (tertiary/aromatic N) is 2. The van der Waals surface area contributed by atoms with Crippen molar-refractivity contribution in [2.45, 2.75) is 0 Å². The van der Waals surface area contributed by atoms with Gasteiger partial charge in [-0.3, -0.25) is 0 Å². The van der Waals surface area contributed by atoms with Crippen LogP contribution in [0.3, 0.4) is 0 Å². The molecule has 2 heteroatoms. The third-order valence-electron chi connectivity index (χ3n) is 13.6. The van der Waals surface area contributed by atoms with Crippen LogP contribution in [0.4, 0.5) is 34.1 Å². The van der Waals surface area contributed by atoms with E-state index < -0.39 is 0 Å². The number of rotatable bonds is 8. The molecule has 0 bridgehead atoms. The van der Waals surface area contributed by atoms with Crippen molar-refractivity contribution >= 4 is 122 Å². The van der Waals surface area contributed by atoms with Crippen LogP contribution in [-0.2, 0) is 0 Å². The van der Waals surface area contributed by atoms with Crippen molar-refractivity contribution in [3.05, 3.63) is 266 Å². The van der Waals surface area contributed by atoms with E-state index in [1.165, 1.54) is 75.4 Å². The lowest BCUT2D eigenvalue weighted by Gasteiger charge is -2.26. The fourth-order valence-electron chi connectivity index (χ4n) is 10.1. The Balaban J connectivity index is 0.818. The molecule has 0 aliphatic rings. The van der Waals surface area contributed by atoms with Gasteiger partial charge in [-0.05, 0) is 190 Å². The van der Waals surface area contributed by atoms with Crippen molar-refractivity contribution in [2.75, 3.05) is 9.80 Å². The lowest BCUT2D eigenvalue weighted by molar-refractivity contribution is 1.29. The fourth-order valence-corrected chi connectivity index (χ4v) is 10.1. The highest BCUT2D eigenvalue weighted by atomic mass is 15.1. The zero-order chi connectivity index (χ0) is 45.0. The quantitative estimate of drug-likeness (QED) is 0.111. The summed E-state index contributed by atoms with van der Waals surface area (Å²) in [4.78, 5) is 4.76. The molecule has 0 fully saturated rings. The average molecular weight is 865 g/mol. The summed E-state index contributed by atoms with van der Waals surface area (Å²) in [6, 6.07) is 93.3. The third kappa shape index (κ3) is 7.35. The maximum absolute atomic E-state index is 2.39. The van der Waals surface area contributed by atoms with E-state index in [4.69, 9.17) is 0 Å². The summed E-state index contributed by atoms with van der Waals surface area (Å²) in [5.41, 5.74) is 9.01. The predicted molar refractivity (Wildman–Crippen MR) is 294 cm³/mol. The predicted octanol–water partition coefficient (Wildman–Crippen LogP) is 18.9. The van der Waals surface area contributed by atoms with E-state index >= 15 is 0 Å². The van der Waals surface area contributed by atoms with E-state index in [1.807, 2.05) is 0 Å². The minimum absolute atomic E-state index is 1.11. The van der Waals surface area contributed by atoms with Crippen molar-refractivity contribution in [1.29, 1.82) is 0 Å². The standard InChI is InChI=1S/C66H44N2/c1-3-15-53-40-62(30-23-47(53)9-1)67(65-33-26-56-36-49-11-5-7-13-51(49)38-59(56)43-65)61-28-20-45(21-29-61)17-18-46-19-22-58-42-64(32-25-55(58)35-46)68(63-31-24-48-10-2-4-16-54(48)41-63)66-34-27-57-37-50-12-6-8-14-52(50)39-60(57)44-66/h1-44H/b18-17+. The highest BCUT2D eigenvalue weighted by Crippen LogP contribution is 2.41. The largest absolute Gasteiger partial charge is 0.310 e. The number of fused-ring (bicyclic) bond motifs is 7. The van der Waals surface area contributed by atoms with Gasteiger partial charge in [-0.25, -0.2) is 0 Å². The minimum atomic E-state index is 1.11. The van der Waals surface area contributed by atoms with Crippen molar-refractivity contribution in [2.24, 2.45) is 0 Å². The first-order chi connectivity index (χ1) is 33.6. The molecular formula is C66H44N2. The molecule has 0 heterocycles. The van der Waals surface area contributed by atoms with Crippen LogP contribution < -0.4 is 9.80 Å². The van der Waals surface area contributed by atoms with Gasteiger partial charge >= 0.3 is 0 Å². The Bertz CT molecular complexity index is 4110. The SMILES string of the molecule is C(=C\c1ccc2cc(N(c3ccc4ccccc4c3)c3ccc4cc5ccccc5cc4c3)ccc2c1)/c1ccc(N(c2ccc3ccccc3c2)c2ccc3cc4ccccc4cc3c2)cc1. The van der Waals surface area contributed by atoms with Crippen molar-refractivity contribution in [3.63, 3.8) is 0 Å². The zero-order valence-corrected chi connectivity index (χ0v) is 37.3. The van der Waals surface area contributed by atoms with Crippen LogP contribution in [-0.4, -0.2) is 0 Å². The molecule has 0 unspecified atom stereocenters. The Labute approximate surface area is 395 Å². The second kappa shape index (κ2) is 16.5. The molecule has 0 saturated carbocycles. The van der Waals surface area contributed by atoms with Crippen molar-refractivity contribution in [1.82, 2.24) is 0 Å². The Kier molecular flexibility index (Phi) is 9.54. The smallest absolute Gasteiger partial charge is 0.0468 e. The van der Waals surface area contributed by atoms with Gasteiger partial charge in [0.15, 0.2) is 0 Å².